The third kappa shape index (κ3) is 5.71. The van der Waals surface area contributed by atoms with E-state index in [1.807, 2.05) is 6.92 Å². The molecule has 1 amide bonds. The van der Waals surface area contributed by atoms with Gasteiger partial charge in [-0.1, -0.05) is 13.3 Å². The maximum atomic E-state index is 11.6. The summed E-state index contributed by atoms with van der Waals surface area (Å²) in [5.74, 6) is -0.132. The van der Waals surface area contributed by atoms with E-state index in [-0.39, 0.29) is 19.1 Å². The van der Waals surface area contributed by atoms with Crippen LogP contribution in [0.4, 0.5) is 0 Å². The molecule has 0 aliphatic carbocycles. The van der Waals surface area contributed by atoms with Crippen LogP contribution in [0.2, 0.25) is 0 Å². The van der Waals surface area contributed by atoms with Crippen molar-refractivity contribution in [2.45, 2.75) is 31.9 Å². The van der Waals surface area contributed by atoms with E-state index in [9.17, 15) is 9.90 Å². The Bertz CT molecular complexity index is 188. The maximum absolute atomic E-state index is 11.6. The van der Waals surface area contributed by atoms with Crippen molar-refractivity contribution in [1.29, 1.82) is 0 Å². The van der Waals surface area contributed by atoms with E-state index in [1.54, 1.807) is 7.05 Å². The molecule has 5 heteroatoms. The first-order valence-corrected chi connectivity index (χ1v) is 5.20. The minimum absolute atomic E-state index is 0.132. The lowest BCUT2D eigenvalue weighted by Crippen LogP contribution is -2.45. The number of methoxy groups -OCH3 is 1. The number of nitrogens with two attached hydrogens (primary N) is 1. The number of hydrogen-bond acceptors (Lipinski definition) is 4. The fraction of sp³-hybridized carbons (Fsp3) is 0.900. The molecule has 0 saturated carbocycles. The molecule has 15 heavy (non-hydrogen) atoms. The molecule has 0 rings (SSSR count). The molecule has 0 radical (unpaired) electrons. The Hall–Kier alpha value is -0.650. The van der Waals surface area contributed by atoms with Crippen molar-refractivity contribution in [3.05, 3.63) is 0 Å². The van der Waals surface area contributed by atoms with Crippen LogP contribution in [-0.2, 0) is 9.53 Å². The van der Waals surface area contributed by atoms with Gasteiger partial charge in [0.1, 0.15) is 0 Å². The summed E-state index contributed by atoms with van der Waals surface area (Å²) >= 11 is 0. The quantitative estimate of drug-likeness (QED) is 0.608. The molecular formula is C10H22N2O3. The van der Waals surface area contributed by atoms with Crippen molar-refractivity contribution in [3.8, 4) is 0 Å². The van der Waals surface area contributed by atoms with E-state index >= 15 is 0 Å². The number of aliphatic hydroxyl groups is 1. The van der Waals surface area contributed by atoms with Crippen LogP contribution in [0, 0.1) is 0 Å². The summed E-state index contributed by atoms with van der Waals surface area (Å²) in [6.07, 6.45) is 0.892. The lowest BCUT2D eigenvalue weighted by Gasteiger charge is -2.23. The van der Waals surface area contributed by atoms with Gasteiger partial charge in [-0.05, 0) is 6.42 Å². The molecule has 0 bridgehead atoms. The van der Waals surface area contributed by atoms with Gasteiger partial charge in [0, 0.05) is 20.7 Å². The van der Waals surface area contributed by atoms with Crippen LogP contribution < -0.4 is 5.73 Å². The Morgan fingerprint density at radius 1 is 1.60 bits per heavy atom. The standard InChI is InChI=1S/C10H22N2O3/c1-4-5-9(11)10(14)12(2)6-8(13)7-15-3/h8-9,13H,4-7,11H2,1-3H3. The van der Waals surface area contributed by atoms with Gasteiger partial charge < -0.3 is 20.5 Å². The average Bonchev–Trinajstić information content (AvgIpc) is 2.17. The lowest BCUT2D eigenvalue weighted by atomic mass is 10.1. The second-order valence-electron chi connectivity index (χ2n) is 3.72. The van der Waals surface area contributed by atoms with Gasteiger partial charge in [-0.2, -0.15) is 0 Å². The number of rotatable bonds is 7. The highest BCUT2D eigenvalue weighted by molar-refractivity contribution is 5.81. The summed E-state index contributed by atoms with van der Waals surface area (Å²) in [6, 6.07) is -0.463. The van der Waals surface area contributed by atoms with Crippen molar-refractivity contribution >= 4 is 5.91 Å². The van der Waals surface area contributed by atoms with Crippen molar-refractivity contribution in [2.75, 3.05) is 27.3 Å². The fourth-order valence-corrected chi connectivity index (χ4v) is 1.37. The smallest absolute Gasteiger partial charge is 0.239 e. The second kappa shape index (κ2) is 7.62. The highest BCUT2D eigenvalue weighted by Crippen LogP contribution is 1.99. The van der Waals surface area contributed by atoms with Crippen LogP contribution in [0.1, 0.15) is 19.8 Å². The largest absolute Gasteiger partial charge is 0.389 e. The number of ether oxygens (including phenoxy) is 1. The Balaban J connectivity index is 3.97. The molecule has 0 aliphatic rings. The zero-order valence-electron chi connectivity index (χ0n) is 9.77. The summed E-state index contributed by atoms with van der Waals surface area (Å²) in [5.41, 5.74) is 5.67. The Labute approximate surface area is 91.2 Å². The highest BCUT2D eigenvalue weighted by Gasteiger charge is 2.19. The first-order chi connectivity index (χ1) is 7.02. The first kappa shape index (κ1) is 14.3. The van der Waals surface area contributed by atoms with Gasteiger partial charge in [0.2, 0.25) is 5.91 Å². The molecule has 3 N–H and O–H groups in total. The van der Waals surface area contributed by atoms with E-state index in [0.29, 0.717) is 6.42 Å². The average molecular weight is 218 g/mol. The molecule has 0 fully saturated rings. The van der Waals surface area contributed by atoms with E-state index in [2.05, 4.69) is 0 Å². The van der Waals surface area contributed by atoms with Crippen molar-refractivity contribution < 1.29 is 14.6 Å². The zero-order valence-corrected chi connectivity index (χ0v) is 9.77. The third-order valence-corrected chi connectivity index (χ3v) is 2.14. The predicted molar refractivity (Wildman–Crippen MR) is 58.4 cm³/mol. The topological polar surface area (TPSA) is 75.8 Å². The Morgan fingerprint density at radius 2 is 2.20 bits per heavy atom. The summed E-state index contributed by atoms with van der Waals surface area (Å²) in [5, 5.41) is 9.42. The van der Waals surface area contributed by atoms with Crippen LogP contribution in [0.25, 0.3) is 0 Å². The van der Waals surface area contributed by atoms with E-state index in [4.69, 9.17) is 10.5 Å². The van der Waals surface area contributed by atoms with Crippen LogP contribution in [0.15, 0.2) is 0 Å². The predicted octanol–water partition coefficient (Wildman–Crippen LogP) is -0.420. The number of amides is 1. The molecule has 90 valence electrons. The minimum Gasteiger partial charge on any atom is -0.389 e. The van der Waals surface area contributed by atoms with Crippen molar-refractivity contribution in [3.63, 3.8) is 0 Å². The van der Waals surface area contributed by atoms with Gasteiger partial charge in [0.15, 0.2) is 0 Å². The lowest BCUT2D eigenvalue weighted by molar-refractivity contribution is -0.133. The Kier molecular flexibility index (Phi) is 7.29. The molecule has 0 aromatic carbocycles. The maximum Gasteiger partial charge on any atom is 0.239 e. The van der Waals surface area contributed by atoms with Gasteiger partial charge in [-0.3, -0.25) is 4.79 Å². The SMILES string of the molecule is CCCC(N)C(=O)N(C)CC(O)COC. The monoisotopic (exact) mass is 218 g/mol. The number of likely N-dealkylation sites (N-methyl/N-ethyl adjacent to an activating group) is 1. The number of aliphatic hydroxyl groups excluding tert-OH is 1. The van der Waals surface area contributed by atoms with E-state index in [1.165, 1.54) is 12.0 Å². The van der Waals surface area contributed by atoms with E-state index in [0.717, 1.165) is 6.42 Å². The van der Waals surface area contributed by atoms with Crippen molar-refractivity contribution in [1.82, 2.24) is 4.90 Å². The molecule has 5 nitrogen and oxygen atoms in total. The summed E-state index contributed by atoms with van der Waals surface area (Å²) < 4.78 is 4.77. The van der Waals surface area contributed by atoms with Crippen molar-refractivity contribution in [2.24, 2.45) is 5.73 Å². The normalized spacial score (nSPS) is 14.7. The van der Waals surface area contributed by atoms with Crippen LogP contribution in [-0.4, -0.2) is 55.4 Å². The van der Waals surface area contributed by atoms with Gasteiger partial charge in [0.05, 0.1) is 18.8 Å². The summed E-state index contributed by atoms with van der Waals surface area (Å²) in [7, 11) is 3.14. The molecule has 0 aliphatic heterocycles. The second-order valence-corrected chi connectivity index (χ2v) is 3.72. The zero-order chi connectivity index (χ0) is 11.8. The fourth-order valence-electron chi connectivity index (χ4n) is 1.37. The number of hydrogen-bond donors (Lipinski definition) is 2. The number of carbonyl (C=O) groups is 1. The molecule has 0 aromatic heterocycles. The highest BCUT2D eigenvalue weighted by atomic mass is 16.5. The third-order valence-electron chi connectivity index (χ3n) is 2.14. The molecular weight excluding hydrogens is 196 g/mol. The molecule has 0 aromatic rings. The van der Waals surface area contributed by atoms with Crippen LogP contribution in [0.5, 0.6) is 0 Å². The molecule has 2 unspecified atom stereocenters. The number of carbonyl (C=O) groups excluding carboxylic acids is 1. The van der Waals surface area contributed by atoms with Gasteiger partial charge >= 0.3 is 0 Å². The minimum atomic E-state index is -0.655. The van der Waals surface area contributed by atoms with E-state index < -0.39 is 12.1 Å². The molecule has 0 saturated heterocycles. The van der Waals surface area contributed by atoms with Crippen LogP contribution >= 0.6 is 0 Å². The molecule has 2 atom stereocenters. The molecule has 0 heterocycles. The van der Waals surface area contributed by atoms with Gasteiger partial charge in [-0.25, -0.2) is 0 Å². The summed E-state index contributed by atoms with van der Waals surface area (Å²) in [4.78, 5) is 13.1. The molecule has 0 spiro atoms. The van der Waals surface area contributed by atoms with Gasteiger partial charge in [-0.15, -0.1) is 0 Å². The summed E-state index contributed by atoms with van der Waals surface area (Å²) in [6.45, 7) is 2.46. The van der Waals surface area contributed by atoms with Crippen LogP contribution in [0.3, 0.4) is 0 Å². The first-order valence-electron chi connectivity index (χ1n) is 5.20. The Morgan fingerprint density at radius 3 is 2.67 bits per heavy atom. The van der Waals surface area contributed by atoms with Gasteiger partial charge in [0.25, 0.3) is 0 Å². The number of nitrogens with zero attached hydrogens (tertiary/aromatic N) is 1.